The summed E-state index contributed by atoms with van der Waals surface area (Å²) < 4.78 is 2.18. The van der Waals surface area contributed by atoms with E-state index in [1.807, 2.05) is 30.3 Å². The molecule has 196 valence electrons. The molecule has 0 amide bonds. The van der Waals surface area contributed by atoms with E-state index in [0.29, 0.717) is 28.5 Å². The maximum Gasteiger partial charge on any atom is 0.266 e. The fourth-order valence-corrected chi connectivity index (χ4v) is 5.84. The van der Waals surface area contributed by atoms with Gasteiger partial charge >= 0.3 is 0 Å². The fraction of sp³-hybridized carbons (Fsp3) is 0.226. The van der Waals surface area contributed by atoms with E-state index in [4.69, 9.17) is 4.98 Å². The molecule has 3 aromatic heterocycles. The van der Waals surface area contributed by atoms with Crippen molar-refractivity contribution in [1.82, 2.24) is 24.4 Å². The minimum absolute atomic E-state index is 0.140. The lowest BCUT2D eigenvalue weighted by molar-refractivity contribution is 0.251. The van der Waals surface area contributed by atoms with Crippen molar-refractivity contribution in [3.63, 3.8) is 0 Å². The summed E-state index contributed by atoms with van der Waals surface area (Å²) >= 11 is 3.44. The van der Waals surface area contributed by atoms with Crippen LogP contribution in [0.25, 0.3) is 22.2 Å². The number of likely N-dealkylation sites (tertiary alicyclic amines) is 1. The SMILES string of the molecule is CN1CCCC(c2ccc(Nc3ncc4cc(Br)c(=O)n(Cc5ccccc5-c5ccncc5)c4n3)cc2)C1. The van der Waals surface area contributed by atoms with Gasteiger partial charge in [-0.25, -0.2) is 4.98 Å². The summed E-state index contributed by atoms with van der Waals surface area (Å²) in [6, 6.07) is 22.4. The number of rotatable bonds is 6. The number of likely N-dealkylation sites (N-methyl/N-ethyl adjacent to an activating group) is 1. The molecule has 0 bridgehead atoms. The molecule has 7 nitrogen and oxygen atoms in total. The van der Waals surface area contributed by atoms with Crippen molar-refractivity contribution in [2.75, 3.05) is 25.5 Å². The zero-order valence-corrected chi connectivity index (χ0v) is 23.3. The van der Waals surface area contributed by atoms with Crippen LogP contribution in [0.2, 0.25) is 0 Å². The predicted octanol–water partition coefficient (Wildman–Crippen LogP) is 6.22. The van der Waals surface area contributed by atoms with Crippen molar-refractivity contribution in [3.05, 3.63) is 111 Å². The second kappa shape index (κ2) is 11.1. The number of hydrogen-bond donors (Lipinski definition) is 1. The maximum absolute atomic E-state index is 13.3. The van der Waals surface area contributed by atoms with Gasteiger partial charge in [-0.2, -0.15) is 4.98 Å². The zero-order valence-electron chi connectivity index (χ0n) is 21.7. The lowest BCUT2D eigenvalue weighted by Gasteiger charge is -2.30. The first-order valence-electron chi connectivity index (χ1n) is 13.1. The van der Waals surface area contributed by atoms with Gasteiger partial charge in [-0.15, -0.1) is 0 Å². The average molecular weight is 582 g/mol. The van der Waals surface area contributed by atoms with Gasteiger partial charge in [0.05, 0.1) is 11.0 Å². The summed E-state index contributed by atoms with van der Waals surface area (Å²) in [5, 5.41) is 4.11. The summed E-state index contributed by atoms with van der Waals surface area (Å²) in [7, 11) is 2.19. The highest BCUT2D eigenvalue weighted by molar-refractivity contribution is 9.10. The topological polar surface area (TPSA) is 75.9 Å². The number of piperidine rings is 1. The lowest BCUT2D eigenvalue weighted by atomic mass is 9.91. The second-order valence-electron chi connectivity index (χ2n) is 10.1. The number of anilines is 2. The van der Waals surface area contributed by atoms with E-state index >= 15 is 0 Å². The molecule has 8 heteroatoms. The van der Waals surface area contributed by atoms with Crippen molar-refractivity contribution in [3.8, 4) is 11.1 Å². The van der Waals surface area contributed by atoms with Crippen molar-refractivity contribution < 1.29 is 0 Å². The Morgan fingerprint density at radius 2 is 1.85 bits per heavy atom. The molecule has 1 N–H and O–H groups in total. The number of aromatic nitrogens is 4. The summed E-state index contributed by atoms with van der Waals surface area (Å²) in [5.74, 6) is 1.02. The number of halogens is 1. The van der Waals surface area contributed by atoms with Crippen molar-refractivity contribution in [2.45, 2.75) is 25.3 Å². The molecule has 6 rings (SSSR count). The zero-order chi connectivity index (χ0) is 26.8. The van der Waals surface area contributed by atoms with Crippen LogP contribution >= 0.6 is 15.9 Å². The van der Waals surface area contributed by atoms with E-state index < -0.39 is 0 Å². The Morgan fingerprint density at radius 1 is 1.05 bits per heavy atom. The highest BCUT2D eigenvalue weighted by Gasteiger charge is 2.19. The Labute approximate surface area is 235 Å². The molecule has 1 fully saturated rings. The minimum Gasteiger partial charge on any atom is -0.324 e. The Bertz CT molecular complexity index is 1670. The molecule has 2 aromatic carbocycles. The van der Waals surface area contributed by atoms with Gasteiger partial charge in [-0.05, 0) is 101 Å². The first kappa shape index (κ1) is 25.4. The molecule has 4 heterocycles. The third kappa shape index (κ3) is 5.48. The molecule has 1 aliphatic heterocycles. The molecular weight excluding hydrogens is 552 g/mol. The first-order chi connectivity index (χ1) is 19.0. The number of nitrogens with zero attached hydrogens (tertiary/aromatic N) is 5. The maximum atomic E-state index is 13.3. The summed E-state index contributed by atoms with van der Waals surface area (Å²) in [5.41, 5.74) is 5.83. The normalized spacial score (nSPS) is 15.9. The van der Waals surface area contributed by atoms with Gasteiger partial charge in [0.2, 0.25) is 5.95 Å². The molecule has 0 saturated carbocycles. The van der Waals surface area contributed by atoms with E-state index in [-0.39, 0.29) is 5.56 Å². The summed E-state index contributed by atoms with van der Waals surface area (Å²) in [4.78, 5) is 29.2. The van der Waals surface area contributed by atoms with Crippen molar-refractivity contribution >= 4 is 38.6 Å². The Hall–Kier alpha value is -3.88. The Kier molecular flexibility index (Phi) is 7.22. The molecule has 1 aliphatic rings. The van der Waals surface area contributed by atoms with E-state index in [9.17, 15) is 4.79 Å². The molecular formula is C31H29BrN6O. The fourth-order valence-electron chi connectivity index (χ4n) is 5.38. The predicted molar refractivity (Wildman–Crippen MR) is 159 cm³/mol. The van der Waals surface area contributed by atoms with E-state index in [0.717, 1.165) is 34.3 Å². The highest BCUT2D eigenvalue weighted by Crippen LogP contribution is 2.28. The number of pyridine rings is 2. The van der Waals surface area contributed by atoms with Gasteiger partial charge in [0.25, 0.3) is 5.56 Å². The molecule has 5 aromatic rings. The van der Waals surface area contributed by atoms with Crippen LogP contribution in [0.5, 0.6) is 0 Å². The number of hydrogen-bond acceptors (Lipinski definition) is 6. The van der Waals surface area contributed by atoms with E-state index in [2.05, 4.69) is 73.5 Å². The van der Waals surface area contributed by atoms with Crippen LogP contribution in [0.15, 0.2) is 94.6 Å². The van der Waals surface area contributed by atoms with Crippen molar-refractivity contribution in [1.29, 1.82) is 0 Å². The van der Waals surface area contributed by atoms with E-state index in [1.54, 1.807) is 29.2 Å². The van der Waals surface area contributed by atoms with Gasteiger partial charge in [-0.3, -0.25) is 14.3 Å². The quantitative estimate of drug-likeness (QED) is 0.257. The van der Waals surface area contributed by atoms with Gasteiger partial charge in [0.1, 0.15) is 5.65 Å². The third-order valence-electron chi connectivity index (χ3n) is 7.38. The molecule has 1 unspecified atom stereocenters. The van der Waals surface area contributed by atoms with E-state index in [1.165, 1.54) is 24.9 Å². The summed E-state index contributed by atoms with van der Waals surface area (Å²) in [6.45, 7) is 2.64. The Morgan fingerprint density at radius 3 is 2.64 bits per heavy atom. The third-order valence-corrected chi connectivity index (χ3v) is 7.95. The molecule has 39 heavy (non-hydrogen) atoms. The van der Waals surface area contributed by atoms with Gasteiger partial charge < -0.3 is 10.2 Å². The van der Waals surface area contributed by atoms with Crippen LogP contribution in [0.4, 0.5) is 11.6 Å². The van der Waals surface area contributed by atoms with Gasteiger partial charge in [-0.1, -0.05) is 36.4 Å². The number of benzene rings is 2. The van der Waals surface area contributed by atoms with Gasteiger partial charge in [0.15, 0.2) is 0 Å². The van der Waals surface area contributed by atoms with Crippen LogP contribution in [-0.4, -0.2) is 44.6 Å². The largest absolute Gasteiger partial charge is 0.324 e. The highest BCUT2D eigenvalue weighted by atomic mass is 79.9. The lowest BCUT2D eigenvalue weighted by Crippen LogP contribution is -2.30. The number of nitrogens with one attached hydrogen (secondary N) is 1. The smallest absolute Gasteiger partial charge is 0.266 e. The van der Waals surface area contributed by atoms with Gasteiger partial charge in [0, 0.05) is 36.2 Å². The summed E-state index contributed by atoms with van der Waals surface area (Å²) in [6.07, 6.45) is 7.77. The van der Waals surface area contributed by atoms with Crippen LogP contribution < -0.4 is 10.9 Å². The van der Waals surface area contributed by atoms with Crippen molar-refractivity contribution in [2.24, 2.45) is 0 Å². The van der Waals surface area contributed by atoms with Crippen LogP contribution in [0, 0.1) is 0 Å². The van der Waals surface area contributed by atoms with Crippen LogP contribution in [-0.2, 0) is 6.54 Å². The molecule has 0 spiro atoms. The second-order valence-corrected chi connectivity index (χ2v) is 11.0. The monoisotopic (exact) mass is 580 g/mol. The average Bonchev–Trinajstić information content (AvgIpc) is 2.97. The minimum atomic E-state index is -0.140. The molecule has 0 aliphatic carbocycles. The standard InChI is InChI=1S/C31H29BrN6O/c1-37-16-4-6-23(19-37)21-8-10-26(11-9-21)35-31-34-18-25-17-28(32)30(39)38(29(25)36-31)20-24-5-2-3-7-27(24)22-12-14-33-15-13-22/h2-3,5,7-15,17-18,23H,4,6,16,19-20H2,1H3,(H,34,35,36). The van der Waals surface area contributed by atoms with Crippen LogP contribution in [0.3, 0.4) is 0 Å². The van der Waals surface area contributed by atoms with Crippen LogP contribution in [0.1, 0.15) is 29.9 Å². The first-order valence-corrected chi connectivity index (χ1v) is 13.9. The molecule has 1 saturated heterocycles. The molecule has 0 radical (unpaired) electrons. The number of fused-ring (bicyclic) bond motifs is 1. The Balaban J connectivity index is 1.32. The molecule has 1 atom stereocenters.